The number of hydrogen-bond donors (Lipinski definition) is 1. The van der Waals surface area contributed by atoms with E-state index in [1.54, 1.807) is 38.1 Å². The molecule has 1 atom stereocenters. The Balaban J connectivity index is 1.81. The molecule has 1 aromatic rings. The highest BCUT2D eigenvalue weighted by Crippen LogP contribution is 2.26. The van der Waals surface area contributed by atoms with Crippen molar-refractivity contribution < 1.29 is 38.2 Å². The predicted octanol–water partition coefficient (Wildman–Crippen LogP) is 2.45. The van der Waals surface area contributed by atoms with Crippen LogP contribution >= 0.6 is 11.8 Å². The summed E-state index contributed by atoms with van der Waals surface area (Å²) in [5.41, 5.74) is 0.673. The summed E-state index contributed by atoms with van der Waals surface area (Å²) in [6.45, 7) is 6.52. The van der Waals surface area contributed by atoms with E-state index in [1.807, 2.05) is 0 Å². The molecule has 1 aliphatic heterocycles. The Morgan fingerprint density at radius 2 is 1.60 bits per heavy atom. The molecule has 0 aromatic heterocycles. The Morgan fingerprint density at radius 1 is 1.00 bits per heavy atom. The van der Waals surface area contributed by atoms with E-state index in [1.165, 1.54) is 13.8 Å². The minimum Gasteiger partial charge on any atom is -0.425 e. The largest absolute Gasteiger partial charge is 0.425 e. The first-order valence-electron chi connectivity index (χ1n) is 11.2. The third-order valence-electron chi connectivity index (χ3n) is 4.95. The number of esters is 2. The van der Waals surface area contributed by atoms with E-state index < -0.39 is 34.8 Å². The van der Waals surface area contributed by atoms with Crippen molar-refractivity contribution in [2.24, 2.45) is 0 Å². The van der Waals surface area contributed by atoms with Crippen molar-refractivity contribution in [2.45, 2.75) is 64.4 Å². The molecular formula is C24H30N2O8S. The molecule has 1 N–H and O–H groups in total. The number of imide groups is 1. The van der Waals surface area contributed by atoms with Crippen molar-refractivity contribution in [1.29, 1.82) is 0 Å². The second kappa shape index (κ2) is 12.5. The number of amides is 3. The number of benzene rings is 1. The molecule has 0 aliphatic carbocycles. The van der Waals surface area contributed by atoms with Gasteiger partial charge in [-0.05, 0) is 32.4 Å². The third kappa shape index (κ3) is 8.82. The van der Waals surface area contributed by atoms with Gasteiger partial charge in [0.15, 0.2) is 5.12 Å². The van der Waals surface area contributed by atoms with Gasteiger partial charge in [0, 0.05) is 44.5 Å². The number of thioether (sulfide) groups is 1. The van der Waals surface area contributed by atoms with Crippen molar-refractivity contribution >= 4 is 46.5 Å². The summed E-state index contributed by atoms with van der Waals surface area (Å²) >= 11 is 1.02. The number of fused-ring (bicyclic) bond motifs is 1. The number of hydrogen-bond acceptors (Lipinski definition) is 9. The lowest BCUT2D eigenvalue weighted by Crippen LogP contribution is -2.35. The molecule has 0 saturated heterocycles. The van der Waals surface area contributed by atoms with Gasteiger partial charge in [-0.25, -0.2) is 0 Å². The molecule has 0 saturated carbocycles. The van der Waals surface area contributed by atoms with Crippen LogP contribution in [0.15, 0.2) is 24.3 Å². The second-order valence-corrected chi connectivity index (χ2v) is 10.4. The van der Waals surface area contributed by atoms with Crippen LogP contribution in [0, 0.1) is 0 Å². The number of nitrogens with zero attached hydrogens (tertiary/aromatic N) is 1. The minimum atomic E-state index is -1.20. The molecular weight excluding hydrogens is 476 g/mol. The van der Waals surface area contributed by atoms with Gasteiger partial charge >= 0.3 is 11.9 Å². The van der Waals surface area contributed by atoms with Gasteiger partial charge in [-0.2, -0.15) is 0 Å². The SMILES string of the molecule is CC(=O)NCC(C)(C)SC(=O)CCC(=O)OC(CCCN1C(=O)c2ccccc2C1=O)OC(C)=O. The van der Waals surface area contributed by atoms with E-state index in [9.17, 15) is 28.8 Å². The van der Waals surface area contributed by atoms with E-state index in [2.05, 4.69) is 5.32 Å². The van der Waals surface area contributed by atoms with Crippen LogP contribution in [-0.2, 0) is 28.7 Å². The van der Waals surface area contributed by atoms with E-state index in [0.717, 1.165) is 16.7 Å². The van der Waals surface area contributed by atoms with Gasteiger partial charge in [-0.1, -0.05) is 23.9 Å². The Bertz CT molecular complexity index is 972. The topological polar surface area (TPSA) is 136 Å². The number of ether oxygens (including phenoxy) is 2. The number of carbonyl (C=O) groups is 6. The summed E-state index contributed by atoms with van der Waals surface area (Å²) in [7, 11) is 0. The minimum absolute atomic E-state index is 0.0696. The summed E-state index contributed by atoms with van der Waals surface area (Å²) in [5.74, 6) is -2.37. The fraction of sp³-hybridized carbons (Fsp3) is 0.500. The van der Waals surface area contributed by atoms with Crippen LogP contribution in [0.5, 0.6) is 0 Å². The van der Waals surface area contributed by atoms with Gasteiger partial charge in [-0.3, -0.25) is 33.7 Å². The van der Waals surface area contributed by atoms with Crippen molar-refractivity contribution in [3.05, 3.63) is 35.4 Å². The quantitative estimate of drug-likeness (QED) is 0.257. The summed E-state index contributed by atoms with van der Waals surface area (Å²) in [5, 5.41) is 2.41. The first-order valence-corrected chi connectivity index (χ1v) is 12.0. The number of nitrogens with one attached hydrogen (secondary N) is 1. The average Bonchev–Trinajstić information content (AvgIpc) is 3.01. The molecule has 11 heteroatoms. The summed E-state index contributed by atoms with van der Waals surface area (Å²) in [6, 6.07) is 6.52. The van der Waals surface area contributed by atoms with Crippen molar-refractivity contribution in [3.8, 4) is 0 Å². The van der Waals surface area contributed by atoms with Gasteiger partial charge in [0.2, 0.25) is 12.2 Å². The molecule has 1 aromatic carbocycles. The second-order valence-electron chi connectivity index (χ2n) is 8.62. The van der Waals surface area contributed by atoms with E-state index in [0.29, 0.717) is 17.7 Å². The first-order chi connectivity index (χ1) is 16.4. The zero-order valence-corrected chi connectivity index (χ0v) is 21.1. The summed E-state index contributed by atoms with van der Waals surface area (Å²) < 4.78 is 9.71. The van der Waals surface area contributed by atoms with Gasteiger partial charge in [0.1, 0.15) is 0 Å². The maximum Gasteiger partial charge on any atom is 0.309 e. The zero-order valence-electron chi connectivity index (χ0n) is 20.3. The molecule has 1 aliphatic rings. The van der Waals surface area contributed by atoms with Crippen LogP contribution < -0.4 is 5.32 Å². The molecule has 35 heavy (non-hydrogen) atoms. The van der Waals surface area contributed by atoms with E-state index >= 15 is 0 Å². The van der Waals surface area contributed by atoms with Crippen LogP contribution in [0.1, 0.15) is 74.1 Å². The molecule has 0 bridgehead atoms. The van der Waals surface area contributed by atoms with Crippen molar-refractivity contribution in [3.63, 3.8) is 0 Å². The van der Waals surface area contributed by atoms with Crippen LogP contribution in [0.4, 0.5) is 0 Å². The molecule has 0 spiro atoms. The standard InChI is InChI=1S/C24H30N2O8S/c1-15(27)25-14-24(3,4)35-20(30)12-11-19(29)34-21(33-16(2)28)10-7-13-26-22(31)17-8-5-6-9-18(17)23(26)32/h5-6,8-9,21H,7,10-14H2,1-4H3,(H,25,27). The normalized spacial score (nSPS) is 13.8. The predicted molar refractivity (Wildman–Crippen MR) is 127 cm³/mol. The summed E-state index contributed by atoms with van der Waals surface area (Å²) in [6.07, 6.45) is -1.18. The van der Waals surface area contributed by atoms with Crippen LogP contribution in [0.2, 0.25) is 0 Å². The van der Waals surface area contributed by atoms with Gasteiger partial charge < -0.3 is 14.8 Å². The Labute approximate surface area is 208 Å². The molecule has 0 fully saturated rings. The lowest BCUT2D eigenvalue weighted by molar-refractivity contribution is -0.187. The molecule has 190 valence electrons. The fourth-order valence-electron chi connectivity index (χ4n) is 3.33. The summed E-state index contributed by atoms with van der Waals surface area (Å²) in [4.78, 5) is 72.9. The van der Waals surface area contributed by atoms with E-state index in [-0.39, 0.29) is 43.3 Å². The maximum absolute atomic E-state index is 12.4. The lowest BCUT2D eigenvalue weighted by atomic mass is 10.1. The molecule has 3 amide bonds. The highest BCUT2D eigenvalue weighted by molar-refractivity contribution is 8.14. The van der Waals surface area contributed by atoms with Gasteiger partial charge in [0.25, 0.3) is 11.8 Å². The Hall–Kier alpha value is -3.21. The van der Waals surface area contributed by atoms with Gasteiger partial charge in [-0.15, -0.1) is 0 Å². The van der Waals surface area contributed by atoms with Crippen molar-refractivity contribution in [1.82, 2.24) is 10.2 Å². The number of rotatable bonds is 12. The molecule has 1 heterocycles. The van der Waals surface area contributed by atoms with E-state index in [4.69, 9.17) is 9.47 Å². The van der Waals surface area contributed by atoms with Crippen LogP contribution in [0.3, 0.4) is 0 Å². The fourth-order valence-corrected chi connectivity index (χ4v) is 4.29. The molecule has 1 unspecified atom stereocenters. The van der Waals surface area contributed by atoms with Crippen LogP contribution in [-0.4, -0.2) is 63.8 Å². The monoisotopic (exact) mass is 506 g/mol. The zero-order chi connectivity index (χ0) is 26.2. The molecule has 10 nitrogen and oxygen atoms in total. The molecule has 2 rings (SSSR count). The highest BCUT2D eigenvalue weighted by atomic mass is 32.2. The first kappa shape index (κ1) is 28.0. The smallest absolute Gasteiger partial charge is 0.309 e. The van der Waals surface area contributed by atoms with Gasteiger partial charge in [0.05, 0.1) is 17.5 Å². The Kier molecular flexibility index (Phi) is 10.00. The van der Waals surface area contributed by atoms with Crippen molar-refractivity contribution in [2.75, 3.05) is 13.1 Å². The lowest BCUT2D eigenvalue weighted by Gasteiger charge is -2.23. The third-order valence-corrected chi connectivity index (χ3v) is 6.08. The molecule has 0 radical (unpaired) electrons. The Morgan fingerprint density at radius 3 is 2.14 bits per heavy atom. The highest BCUT2D eigenvalue weighted by Gasteiger charge is 2.35. The average molecular weight is 507 g/mol. The number of carbonyl (C=O) groups excluding carboxylic acids is 6. The maximum atomic E-state index is 12.4. The van der Waals surface area contributed by atoms with Crippen LogP contribution in [0.25, 0.3) is 0 Å².